The molecule has 0 unspecified atom stereocenters. The molecule has 4 aromatic rings. The number of primary amides is 1. The van der Waals surface area contributed by atoms with Crippen LogP contribution in [0.4, 0.5) is 0 Å². The number of carbonyl (C=O) groups excluding carboxylic acids is 1. The summed E-state index contributed by atoms with van der Waals surface area (Å²) in [6.07, 6.45) is 0. The third kappa shape index (κ3) is 4.04. The van der Waals surface area contributed by atoms with Crippen LogP contribution in [0.5, 0.6) is 0 Å². The van der Waals surface area contributed by atoms with E-state index in [1.807, 2.05) is 30.3 Å². The summed E-state index contributed by atoms with van der Waals surface area (Å²) in [5.74, 6) is 0.0449. The first-order valence-electron chi connectivity index (χ1n) is 8.82. The lowest BCUT2D eigenvalue weighted by Crippen LogP contribution is -2.21. The van der Waals surface area contributed by atoms with E-state index in [1.165, 1.54) is 11.8 Å². The number of nitrogens with zero attached hydrogens (tertiary/aromatic N) is 2. The molecule has 0 atom stereocenters. The van der Waals surface area contributed by atoms with Gasteiger partial charge in [-0.25, -0.2) is 4.98 Å². The third-order valence-electron chi connectivity index (χ3n) is 4.39. The lowest BCUT2D eigenvalue weighted by atomic mass is 10.1. The Morgan fingerprint density at radius 1 is 1.03 bits per heavy atom. The highest BCUT2D eigenvalue weighted by molar-refractivity contribution is 7.98. The molecular formula is C22H16ClN3O2S. The van der Waals surface area contributed by atoms with Gasteiger partial charge in [-0.15, -0.1) is 0 Å². The predicted molar refractivity (Wildman–Crippen MR) is 117 cm³/mol. The number of amides is 1. The second kappa shape index (κ2) is 8.11. The van der Waals surface area contributed by atoms with Gasteiger partial charge in [-0.3, -0.25) is 14.2 Å². The van der Waals surface area contributed by atoms with Gasteiger partial charge in [0.2, 0.25) is 5.91 Å². The monoisotopic (exact) mass is 421 g/mol. The number of hydrogen-bond acceptors (Lipinski definition) is 4. The maximum absolute atomic E-state index is 13.2. The Hall–Kier alpha value is -3.09. The Morgan fingerprint density at radius 3 is 2.62 bits per heavy atom. The van der Waals surface area contributed by atoms with Crippen LogP contribution >= 0.6 is 23.4 Å². The molecule has 0 aliphatic heterocycles. The van der Waals surface area contributed by atoms with Crippen LogP contribution in [-0.2, 0) is 5.75 Å². The first kappa shape index (κ1) is 19.2. The fraction of sp³-hybridized carbons (Fsp3) is 0.0455. The molecule has 2 N–H and O–H groups in total. The second-order valence-corrected chi connectivity index (χ2v) is 7.76. The van der Waals surface area contributed by atoms with Gasteiger partial charge in [-0.1, -0.05) is 53.7 Å². The van der Waals surface area contributed by atoms with Crippen LogP contribution in [-0.4, -0.2) is 15.5 Å². The molecule has 0 bridgehead atoms. The minimum atomic E-state index is -0.475. The summed E-state index contributed by atoms with van der Waals surface area (Å²) in [5, 5.41) is 1.61. The zero-order valence-electron chi connectivity index (χ0n) is 15.2. The molecule has 1 heterocycles. The van der Waals surface area contributed by atoms with Crippen LogP contribution in [0.15, 0.2) is 82.7 Å². The molecule has 0 saturated heterocycles. The van der Waals surface area contributed by atoms with Crippen molar-refractivity contribution in [2.24, 2.45) is 5.73 Å². The molecule has 144 valence electrons. The van der Waals surface area contributed by atoms with Crippen molar-refractivity contribution in [2.75, 3.05) is 0 Å². The Bertz CT molecular complexity index is 1290. The van der Waals surface area contributed by atoms with Crippen molar-refractivity contribution in [3.05, 3.63) is 99.3 Å². The Kier molecular flexibility index (Phi) is 5.38. The molecule has 0 saturated carbocycles. The van der Waals surface area contributed by atoms with E-state index in [9.17, 15) is 9.59 Å². The van der Waals surface area contributed by atoms with Crippen molar-refractivity contribution in [3.8, 4) is 5.69 Å². The highest BCUT2D eigenvalue weighted by atomic mass is 35.5. The van der Waals surface area contributed by atoms with Crippen LogP contribution in [0.3, 0.4) is 0 Å². The quantitative estimate of drug-likeness (QED) is 0.382. The summed E-state index contributed by atoms with van der Waals surface area (Å²) in [6.45, 7) is 0. The van der Waals surface area contributed by atoms with Crippen molar-refractivity contribution >= 4 is 40.2 Å². The van der Waals surface area contributed by atoms with Gasteiger partial charge >= 0.3 is 0 Å². The maximum atomic E-state index is 13.2. The van der Waals surface area contributed by atoms with E-state index in [4.69, 9.17) is 22.3 Å². The van der Waals surface area contributed by atoms with E-state index in [0.717, 1.165) is 5.56 Å². The van der Waals surface area contributed by atoms with Crippen LogP contribution in [0, 0.1) is 0 Å². The van der Waals surface area contributed by atoms with Gasteiger partial charge in [-0.05, 0) is 48.0 Å². The highest BCUT2D eigenvalue weighted by Gasteiger charge is 2.14. The summed E-state index contributed by atoms with van der Waals surface area (Å²) in [7, 11) is 0. The standard InChI is InChI=1S/C22H16ClN3O2S/c23-16-7-4-8-17(12-16)26-21(28)18-9-1-2-10-19(18)25-22(26)29-13-14-5-3-6-15(11-14)20(24)27/h1-12H,13H2,(H2,24,27). The second-order valence-electron chi connectivity index (χ2n) is 6.39. The molecule has 0 aliphatic carbocycles. The van der Waals surface area contributed by atoms with Gasteiger partial charge in [0.25, 0.3) is 5.56 Å². The average Bonchev–Trinajstić information content (AvgIpc) is 2.72. The van der Waals surface area contributed by atoms with E-state index in [-0.39, 0.29) is 5.56 Å². The Balaban J connectivity index is 1.80. The number of nitrogens with two attached hydrogens (primary N) is 1. The van der Waals surface area contributed by atoms with Crippen molar-refractivity contribution in [2.45, 2.75) is 10.9 Å². The number of benzene rings is 3. The first-order valence-corrected chi connectivity index (χ1v) is 10.2. The third-order valence-corrected chi connectivity index (χ3v) is 5.64. The Morgan fingerprint density at radius 2 is 1.83 bits per heavy atom. The minimum absolute atomic E-state index is 0.161. The predicted octanol–water partition coefficient (Wildman–Crippen LogP) is 4.43. The maximum Gasteiger partial charge on any atom is 0.266 e. The van der Waals surface area contributed by atoms with Gasteiger partial charge < -0.3 is 5.73 Å². The molecule has 29 heavy (non-hydrogen) atoms. The van der Waals surface area contributed by atoms with E-state index in [0.29, 0.717) is 38.1 Å². The van der Waals surface area contributed by atoms with E-state index in [1.54, 1.807) is 47.0 Å². The smallest absolute Gasteiger partial charge is 0.266 e. The number of hydrogen-bond donors (Lipinski definition) is 1. The molecule has 0 radical (unpaired) electrons. The zero-order valence-corrected chi connectivity index (χ0v) is 16.8. The summed E-state index contributed by atoms with van der Waals surface area (Å²) in [4.78, 5) is 29.4. The zero-order chi connectivity index (χ0) is 20.4. The number of halogens is 1. The van der Waals surface area contributed by atoms with Gasteiger partial charge in [0.1, 0.15) is 0 Å². The summed E-state index contributed by atoms with van der Waals surface area (Å²) >= 11 is 7.56. The van der Waals surface area contributed by atoms with Crippen molar-refractivity contribution in [1.82, 2.24) is 9.55 Å². The first-order chi connectivity index (χ1) is 14.0. The lowest BCUT2D eigenvalue weighted by molar-refractivity contribution is 0.1000. The Labute approximate surface area is 176 Å². The normalized spacial score (nSPS) is 10.9. The largest absolute Gasteiger partial charge is 0.366 e. The fourth-order valence-corrected chi connectivity index (χ4v) is 4.15. The number of thioether (sulfide) groups is 1. The van der Waals surface area contributed by atoms with Crippen LogP contribution in [0.1, 0.15) is 15.9 Å². The van der Waals surface area contributed by atoms with Crippen LogP contribution in [0.2, 0.25) is 5.02 Å². The van der Waals surface area contributed by atoms with Crippen molar-refractivity contribution < 1.29 is 4.79 Å². The number of rotatable bonds is 5. The van der Waals surface area contributed by atoms with Gasteiger partial charge in [-0.2, -0.15) is 0 Å². The summed E-state index contributed by atoms with van der Waals surface area (Å²) < 4.78 is 1.57. The molecular weight excluding hydrogens is 406 g/mol. The van der Waals surface area contributed by atoms with Crippen LogP contribution < -0.4 is 11.3 Å². The number of carbonyl (C=O) groups is 1. The SMILES string of the molecule is NC(=O)c1cccc(CSc2nc3ccccc3c(=O)n2-c2cccc(Cl)c2)c1. The molecule has 4 rings (SSSR count). The summed E-state index contributed by atoms with van der Waals surface area (Å²) in [6, 6.07) is 21.5. The minimum Gasteiger partial charge on any atom is -0.366 e. The molecule has 0 spiro atoms. The van der Waals surface area contributed by atoms with Crippen LogP contribution in [0.25, 0.3) is 16.6 Å². The molecule has 0 fully saturated rings. The average molecular weight is 422 g/mol. The molecule has 5 nitrogen and oxygen atoms in total. The highest BCUT2D eigenvalue weighted by Crippen LogP contribution is 2.26. The molecule has 0 aliphatic rings. The van der Waals surface area contributed by atoms with E-state index < -0.39 is 5.91 Å². The lowest BCUT2D eigenvalue weighted by Gasteiger charge is -2.13. The number of aromatic nitrogens is 2. The van der Waals surface area contributed by atoms with E-state index >= 15 is 0 Å². The summed E-state index contributed by atoms with van der Waals surface area (Å²) in [5.41, 5.74) is 7.84. The molecule has 3 aromatic carbocycles. The van der Waals surface area contributed by atoms with E-state index in [2.05, 4.69) is 0 Å². The van der Waals surface area contributed by atoms with Gasteiger partial charge in [0, 0.05) is 16.3 Å². The fourth-order valence-electron chi connectivity index (χ4n) is 3.01. The molecule has 1 amide bonds. The molecule has 7 heteroatoms. The number of fused-ring (bicyclic) bond motifs is 1. The van der Waals surface area contributed by atoms with Gasteiger partial charge in [0.15, 0.2) is 5.16 Å². The van der Waals surface area contributed by atoms with Crippen molar-refractivity contribution in [1.29, 1.82) is 0 Å². The number of para-hydroxylation sites is 1. The topological polar surface area (TPSA) is 78.0 Å². The molecule has 1 aromatic heterocycles. The van der Waals surface area contributed by atoms with Crippen molar-refractivity contribution in [3.63, 3.8) is 0 Å². The van der Waals surface area contributed by atoms with Gasteiger partial charge in [0.05, 0.1) is 16.6 Å².